The molecule has 2 rings (SSSR count). The van der Waals surface area contributed by atoms with Crippen molar-refractivity contribution in [1.82, 2.24) is 10.2 Å². The summed E-state index contributed by atoms with van der Waals surface area (Å²) in [5, 5.41) is 3.54. The monoisotopic (exact) mass is 260 g/mol. The van der Waals surface area contributed by atoms with Gasteiger partial charge in [-0.1, -0.05) is 36.2 Å². The molecule has 0 saturated carbocycles. The molecule has 2 atom stereocenters. The molecular weight excluding hydrogens is 232 g/mol. The second-order valence-corrected chi connectivity index (χ2v) is 5.93. The van der Waals surface area contributed by atoms with Crippen LogP contribution in [0.3, 0.4) is 0 Å². The highest BCUT2D eigenvalue weighted by Crippen LogP contribution is 2.26. The maximum Gasteiger partial charge on any atom is 0.0323 e. The molecule has 2 nitrogen and oxygen atoms in total. The van der Waals surface area contributed by atoms with Gasteiger partial charge in [-0.25, -0.2) is 0 Å². The smallest absolute Gasteiger partial charge is 0.0323 e. The van der Waals surface area contributed by atoms with Crippen LogP contribution in [0.15, 0.2) is 18.2 Å². The molecule has 1 aromatic carbocycles. The number of piperidine rings is 1. The number of likely N-dealkylation sites (N-methyl/N-ethyl adjacent to an activating group) is 1. The summed E-state index contributed by atoms with van der Waals surface area (Å²) in [4.78, 5) is 2.65. The summed E-state index contributed by atoms with van der Waals surface area (Å²) < 4.78 is 0. The van der Waals surface area contributed by atoms with Crippen LogP contribution in [0, 0.1) is 13.8 Å². The fourth-order valence-corrected chi connectivity index (χ4v) is 3.41. The van der Waals surface area contributed by atoms with Crippen molar-refractivity contribution < 1.29 is 0 Å². The summed E-state index contributed by atoms with van der Waals surface area (Å²) in [5.41, 5.74) is 4.21. The molecule has 1 saturated heterocycles. The number of nitrogens with zero attached hydrogens (tertiary/aromatic N) is 1. The maximum absolute atomic E-state index is 3.54. The zero-order valence-electron chi connectivity index (χ0n) is 12.9. The van der Waals surface area contributed by atoms with Crippen molar-refractivity contribution in [2.75, 3.05) is 19.6 Å². The Bertz CT molecular complexity index is 387. The molecule has 0 radical (unpaired) electrons. The standard InChI is InChI=1S/C17H28N2/c1-5-19(17-7-6-8-18-12-17)15(4)16-10-13(2)9-14(3)11-16/h9-11,15,17-18H,5-8,12H2,1-4H3. The first-order valence-corrected chi connectivity index (χ1v) is 7.66. The zero-order chi connectivity index (χ0) is 13.8. The van der Waals surface area contributed by atoms with Gasteiger partial charge in [-0.05, 0) is 52.3 Å². The molecule has 1 heterocycles. The molecule has 106 valence electrons. The lowest BCUT2D eigenvalue weighted by atomic mass is 9.98. The van der Waals surface area contributed by atoms with Gasteiger partial charge >= 0.3 is 0 Å². The Labute approximate surface area is 118 Å². The van der Waals surface area contributed by atoms with Gasteiger partial charge in [0.15, 0.2) is 0 Å². The fourth-order valence-electron chi connectivity index (χ4n) is 3.41. The van der Waals surface area contributed by atoms with Crippen molar-refractivity contribution in [3.05, 3.63) is 34.9 Å². The van der Waals surface area contributed by atoms with Gasteiger partial charge in [-0.15, -0.1) is 0 Å². The lowest BCUT2D eigenvalue weighted by Crippen LogP contribution is -2.46. The summed E-state index contributed by atoms with van der Waals surface area (Å²) >= 11 is 0. The highest BCUT2D eigenvalue weighted by Gasteiger charge is 2.24. The number of hydrogen-bond donors (Lipinski definition) is 1. The quantitative estimate of drug-likeness (QED) is 0.892. The zero-order valence-corrected chi connectivity index (χ0v) is 12.9. The Morgan fingerprint density at radius 2 is 1.95 bits per heavy atom. The maximum atomic E-state index is 3.54. The minimum absolute atomic E-state index is 0.508. The first-order valence-electron chi connectivity index (χ1n) is 7.66. The average Bonchev–Trinajstić information content (AvgIpc) is 2.39. The van der Waals surface area contributed by atoms with Crippen LogP contribution in [0.4, 0.5) is 0 Å². The number of benzene rings is 1. The van der Waals surface area contributed by atoms with E-state index in [1.54, 1.807) is 0 Å². The molecular formula is C17H28N2. The Morgan fingerprint density at radius 3 is 2.47 bits per heavy atom. The molecule has 1 fully saturated rings. The Balaban J connectivity index is 2.16. The molecule has 0 aliphatic carbocycles. The van der Waals surface area contributed by atoms with Crippen LogP contribution in [0.2, 0.25) is 0 Å². The highest BCUT2D eigenvalue weighted by molar-refractivity contribution is 5.30. The van der Waals surface area contributed by atoms with E-state index < -0.39 is 0 Å². The summed E-state index contributed by atoms with van der Waals surface area (Å²) in [5.74, 6) is 0. The molecule has 0 amide bonds. The van der Waals surface area contributed by atoms with Crippen LogP contribution in [-0.2, 0) is 0 Å². The number of rotatable bonds is 4. The molecule has 2 unspecified atom stereocenters. The molecule has 1 aliphatic heterocycles. The third-order valence-electron chi connectivity index (χ3n) is 4.33. The van der Waals surface area contributed by atoms with E-state index in [9.17, 15) is 0 Å². The third kappa shape index (κ3) is 3.58. The van der Waals surface area contributed by atoms with E-state index in [2.05, 4.69) is 56.1 Å². The van der Waals surface area contributed by atoms with Crippen molar-refractivity contribution in [1.29, 1.82) is 0 Å². The van der Waals surface area contributed by atoms with Gasteiger partial charge in [0.25, 0.3) is 0 Å². The van der Waals surface area contributed by atoms with Gasteiger partial charge in [-0.3, -0.25) is 4.90 Å². The minimum Gasteiger partial charge on any atom is -0.315 e. The molecule has 19 heavy (non-hydrogen) atoms. The highest BCUT2D eigenvalue weighted by atomic mass is 15.2. The summed E-state index contributed by atoms with van der Waals surface area (Å²) in [7, 11) is 0. The van der Waals surface area contributed by atoms with Crippen LogP contribution in [0.5, 0.6) is 0 Å². The molecule has 1 aromatic rings. The van der Waals surface area contributed by atoms with E-state index in [0.717, 1.165) is 13.1 Å². The third-order valence-corrected chi connectivity index (χ3v) is 4.33. The molecule has 0 spiro atoms. The molecule has 0 aromatic heterocycles. The molecule has 0 bridgehead atoms. The predicted octanol–water partition coefficient (Wildman–Crippen LogP) is 3.44. The average molecular weight is 260 g/mol. The van der Waals surface area contributed by atoms with Gasteiger partial charge in [-0.2, -0.15) is 0 Å². The van der Waals surface area contributed by atoms with E-state index in [1.165, 1.54) is 36.1 Å². The topological polar surface area (TPSA) is 15.3 Å². The van der Waals surface area contributed by atoms with Crippen LogP contribution in [0.25, 0.3) is 0 Å². The van der Waals surface area contributed by atoms with Crippen LogP contribution >= 0.6 is 0 Å². The van der Waals surface area contributed by atoms with Crippen molar-refractivity contribution >= 4 is 0 Å². The van der Waals surface area contributed by atoms with E-state index in [0.29, 0.717) is 12.1 Å². The van der Waals surface area contributed by atoms with Crippen LogP contribution < -0.4 is 5.32 Å². The minimum atomic E-state index is 0.508. The SMILES string of the molecule is CCN(C1CCCNC1)C(C)c1cc(C)cc(C)c1. The van der Waals surface area contributed by atoms with Crippen molar-refractivity contribution in [3.8, 4) is 0 Å². The van der Waals surface area contributed by atoms with Gasteiger partial charge in [0.1, 0.15) is 0 Å². The predicted molar refractivity (Wildman–Crippen MR) is 82.6 cm³/mol. The molecule has 1 aliphatic rings. The van der Waals surface area contributed by atoms with Gasteiger partial charge in [0.05, 0.1) is 0 Å². The van der Waals surface area contributed by atoms with Gasteiger partial charge in [0.2, 0.25) is 0 Å². The van der Waals surface area contributed by atoms with Crippen LogP contribution in [0.1, 0.15) is 49.4 Å². The van der Waals surface area contributed by atoms with Crippen molar-refractivity contribution in [3.63, 3.8) is 0 Å². The lowest BCUT2D eigenvalue weighted by Gasteiger charge is -2.38. The summed E-state index contributed by atoms with van der Waals surface area (Å²) in [6.07, 6.45) is 2.64. The lowest BCUT2D eigenvalue weighted by molar-refractivity contribution is 0.128. The Kier molecular flexibility index (Phi) is 5.00. The fraction of sp³-hybridized carbons (Fsp3) is 0.647. The van der Waals surface area contributed by atoms with Crippen molar-refractivity contribution in [2.24, 2.45) is 0 Å². The van der Waals surface area contributed by atoms with Gasteiger partial charge in [0, 0.05) is 18.6 Å². The second-order valence-electron chi connectivity index (χ2n) is 5.93. The largest absolute Gasteiger partial charge is 0.315 e. The summed E-state index contributed by atoms with van der Waals surface area (Å²) in [6, 6.07) is 8.14. The normalized spacial score (nSPS) is 21.6. The van der Waals surface area contributed by atoms with Gasteiger partial charge < -0.3 is 5.32 Å². The number of aryl methyl sites for hydroxylation is 2. The number of hydrogen-bond acceptors (Lipinski definition) is 2. The Morgan fingerprint density at radius 1 is 1.26 bits per heavy atom. The van der Waals surface area contributed by atoms with Crippen molar-refractivity contribution in [2.45, 2.75) is 52.6 Å². The van der Waals surface area contributed by atoms with Crippen LogP contribution in [-0.4, -0.2) is 30.6 Å². The molecule has 2 heteroatoms. The van der Waals surface area contributed by atoms with E-state index in [-0.39, 0.29) is 0 Å². The number of nitrogens with one attached hydrogen (secondary N) is 1. The first kappa shape index (κ1) is 14.5. The summed E-state index contributed by atoms with van der Waals surface area (Å²) in [6.45, 7) is 12.5. The van der Waals surface area contributed by atoms with E-state index in [1.807, 2.05) is 0 Å². The Hall–Kier alpha value is -0.860. The van der Waals surface area contributed by atoms with E-state index >= 15 is 0 Å². The first-order chi connectivity index (χ1) is 9.11. The molecule has 1 N–H and O–H groups in total. The van der Waals surface area contributed by atoms with E-state index in [4.69, 9.17) is 0 Å². The second kappa shape index (κ2) is 6.53.